The van der Waals surface area contributed by atoms with Crippen molar-refractivity contribution in [3.05, 3.63) is 0 Å². The molecular formula is C11H20F3NO. The zero-order valence-electron chi connectivity index (χ0n) is 9.63. The molecule has 0 aromatic heterocycles. The predicted octanol–water partition coefficient (Wildman–Crippen LogP) is 2.56. The average molecular weight is 239 g/mol. The zero-order valence-corrected chi connectivity index (χ0v) is 9.63. The lowest BCUT2D eigenvalue weighted by molar-refractivity contribution is -0.147. The summed E-state index contributed by atoms with van der Waals surface area (Å²) in [5.74, 6) is 0. The van der Waals surface area contributed by atoms with Crippen molar-refractivity contribution in [3.63, 3.8) is 0 Å². The minimum absolute atomic E-state index is 0.146. The summed E-state index contributed by atoms with van der Waals surface area (Å²) in [6, 6.07) is 0.146. The highest BCUT2D eigenvalue weighted by atomic mass is 19.4. The van der Waals surface area contributed by atoms with E-state index in [9.17, 15) is 13.2 Å². The van der Waals surface area contributed by atoms with Gasteiger partial charge in [-0.1, -0.05) is 0 Å². The third-order valence-corrected chi connectivity index (χ3v) is 2.76. The molecule has 1 atom stereocenters. The van der Waals surface area contributed by atoms with Crippen LogP contribution in [0.4, 0.5) is 13.2 Å². The Morgan fingerprint density at radius 2 is 1.94 bits per heavy atom. The number of unbranched alkanes of at least 4 members (excludes halogenated alkanes) is 1. The maximum Gasteiger partial charge on any atom is 0.401 e. The lowest BCUT2D eigenvalue weighted by Crippen LogP contribution is -2.36. The number of nitrogens with zero attached hydrogens (tertiary/aromatic N) is 1. The molecule has 2 nitrogen and oxygen atoms in total. The Balaban J connectivity index is 2.18. The molecule has 1 aliphatic rings. The highest BCUT2D eigenvalue weighted by Crippen LogP contribution is 2.30. The van der Waals surface area contributed by atoms with Gasteiger partial charge in [0.05, 0.1) is 12.6 Å². The van der Waals surface area contributed by atoms with Gasteiger partial charge in [-0.05, 0) is 45.6 Å². The molecule has 1 rings (SSSR count). The topological polar surface area (TPSA) is 23.5 Å². The van der Waals surface area contributed by atoms with Crippen LogP contribution in [-0.4, -0.2) is 41.4 Å². The van der Waals surface area contributed by atoms with Gasteiger partial charge < -0.3 is 5.11 Å². The van der Waals surface area contributed by atoms with Gasteiger partial charge in [0.1, 0.15) is 0 Å². The second-order valence-electron chi connectivity index (χ2n) is 4.66. The van der Waals surface area contributed by atoms with Gasteiger partial charge in [-0.15, -0.1) is 0 Å². The van der Waals surface area contributed by atoms with Gasteiger partial charge in [0.2, 0.25) is 0 Å². The summed E-state index contributed by atoms with van der Waals surface area (Å²) < 4.78 is 36.7. The molecule has 16 heavy (non-hydrogen) atoms. The summed E-state index contributed by atoms with van der Waals surface area (Å²) >= 11 is 0. The van der Waals surface area contributed by atoms with E-state index in [4.69, 9.17) is 5.11 Å². The fraction of sp³-hybridized carbons (Fsp3) is 1.00. The fourth-order valence-electron chi connectivity index (χ4n) is 1.82. The predicted molar refractivity (Wildman–Crippen MR) is 56.2 cm³/mol. The molecule has 0 amide bonds. The van der Waals surface area contributed by atoms with Gasteiger partial charge >= 0.3 is 6.18 Å². The molecule has 0 radical (unpaired) electrons. The first-order chi connectivity index (χ1) is 7.38. The molecule has 0 saturated heterocycles. The average Bonchev–Trinajstić information content (AvgIpc) is 2.90. The van der Waals surface area contributed by atoms with E-state index < -0.39 is 12.7 Å². The van der Waals surface area contributed by atoms with Crippen molar-refractivity contribution in [1.29, 1.82) is 0 Å². The second-order valence-corrected chi connectivity index (χ2v) is 4.66. The van der Waals surface area contributed by atoms with Crippen LogP contribution in [0.15, 0.2) is 0 Å². The molecule has 5 heteroatoms. The second kappa shape index (κ2) is 5.87. The van der Waals surface area contributed by atoms with Crippen LogP contribution in [0.3, 0.4) is 0 Å². The van der Waals surface area contributed by atoms with Gasteiger partial charge in [0.15, 0.2) is 0 Å². The van der Waals surface area contributed by atoms with Crippen LogP contribution in [-0.2, 0) is 0 Å². The van der Waals surface area contributed by atoms with Gasteiger partial charge in [-0.25, -0.2) is 0 Å². The van der Waals surface area contributed by atoms with Crippen molar-refractivity contribution in [2.45, 2.75) is 57.3 Å². The lowest BCUT2D eigenvalue weighted by atomic mass is 10.1. The van der Waals surface area contributed by atoms with Crippen LogP contribution in [0.2, 0.25) is 0 Å². The third kappa shape index (κ3) is 6.33. The van der Waals surface area contributed by atoms with Crippen LogP contribution in [0.25, 0.3) is 0 Å². The van der Waals surface area contributed by atoms with Crippen LogP contribution in [0.5, 0.6) is 0 Å². The van der Waals surface area contributed by atoms with Crippen LogP contribution >= 0.6 is 0 Å². The van der Waals surface area contributed by atoms with E-state index in [0.29, 0.717) is 13.0 Å². The number of rotatable bonds is 7. The molecular weight excluding hydrogens is 219 g/mol. The molecule has 96 valence electrons. The maximum absolute atomic E-state index is 12.2. The van der Waals surface area contributed by atoms with Crippen molar-refractivity contribution in [2.75, 3.05) is 13.1 Å². The van der Waals surface area contributed by atoms with Gasteiger partial charge in [-0.2, -0.15) is 13.2 Å². The molecule has 0 heterocycles. The van der Waals surface area contributed by atoms with Crippen molar-refractivity contribution in [3.8, 4) is 0 Å². The number of aliphatic hydroxyl groups is 1. The maximum atomic E-state index is 12.2. The van der Waals surface area contributed by atoms with E-state index in [1.807, 2.05) is 0 Å². The van der Waals surface area contributed by atoms with E-state index in [1.165, 1.54) is 4.90 Å². The standard InChI is InChI=1S/C11H20F3NO/c1-9(16)4-2-3-7-15(10-5-6-10)8-11(12,13)14/h9-10,16H,2-8H2,1H3. The minimum atomic E-state index is -4.09. The van der Waals surface area contributed by atoms with Crippen LogP contribution in [0.1, 0.15) is 39.0 Å². The smallest absolute Gasteiger partial charge is 0.393 e. The van der Waals surface area contributed by atoms with Crippen molar-refractivity contribution >= 4 is 0 Å². The summed E-state index contributed by atoms with van der Waals surface area (Å²) in [5.41, 5.74) is 0. The minimum Gasteiger partial charge on any atom is -0.393 e. The van der Waals surface area contributed by atoms with E-state index in [2.05, 4.69) is 0 Å². The first-order valence-electron chi connectivity index (χ1n) is 5.87. The SMILES string of the molecule is CC(O)CCCCN(CC(F)(F)F)C1CC1. The summed E-state index contributed by atoms with van der Waals surface area (Å²) in [4.78, 5) is 1.53. The Labute approximate surface area is 94.4 Å². The Morgan fingerprint density at radius 3 is 2.38 bits per heavy atom. The number of halogens is 3. The van der Waals surface area contributed by atoms with Crippen molar-refractivity contribution in [2.24, 2.45) is 0 Å². The molecule has 1 unspecified atom stereocenters. The molecule has 0 aromatic rings. The van der Waals surface area contributed by atoms with Crippen LogP contribution in [0, 0.1) is 0 Å². The lowest BCUT2D eigenvalue weighted by Gasteiger charge is -2.23. The summed E-state index contributed by atoms with van der Waals surface area (Å²) in [7, 11) is 0. The van der Waals surface area contributed by atoms with E-state index in [-0.39, 0.29) is 12.1 Å². The number of aliphatic hydroxyl groups excluding tert-OH is 1. The molecule has 0 bridgehead atoms. The Hall–Kier alpha value is -0.290. The van der Waals surface area contributed by atoms with E-state index in [1.54, 1.807) is 6.92 Å². The fourth-order valence-corrected chi connectivity index (χ4v) is 1.82. The Kier molecular flexibility index (Phi) is 5.05. The summed E-state index contributed by atoms with van der Waals surface area (Å²) in [6.45, 7) is 1.41. The molecule has 0 aliphatic heterocycles. The quantitative estimate of drug-likeness (QED) is 0.690. The highest BCUT2D eigenvalue weighted by Gasteiger charge is 2.37. The third-order valence-electron chi connectivity index (χ3n) is 2.76. The van der Waals surface area contributed by atoms with E-state index in [0.717, 1.165) is 25.7 Å². The van der Waals surface area contributed by atoms with E-state index >= 15 is 0 Å². The monoisotopic (exact) mass is 239 g/mol. The largest absolute Gasteiger partial charge is 0.401 e. The van der Waals surface area contributed by atoms with Gasteiger partial charge in [0.25, 0.3) is 0 Å². The first kappa shape index (κ1) is 13.8. The number of alkyl halides is 3. The van der Waals surface area contributed by atoms with Crippen molar-refractivity contribution in [1.82, 2.24) is 4.90 Å². The van der Waals surface area contributed by atoms with Crippen LogP contribution < -0.4 is 0 Å². The number of hydrogen-bond acceptors (Lipinski definition) is 2. The van der Waals surface area contributed by atoms with Crippen molar-refractivity contribution < 1.29 is 18.3 Å². The molecule has 1 fully saturated rings. The Bertz CT molecular complexity index is 202. The Morgan fingerprint density at radius 1 is 1.31 bits per heavy atom. The molecule has 0 aromatic carbocycles. The molecule has 1 aliphatic carbocycles. The van der Waals surface area contributed by atoms with Gasteiger partial charge in [-0.3, -0.25) is 4.90 Å². The number of hydrogen-bond donors (Lipinski definition) is 1. The highest BCUT2D eigenvalue weighted by molar-refractivity contribution is 4.85. The summed E-state index contributed by atoms with van der Waals surface area (Å²) in [5, 5.41) is 9.03. The normalized spacial score (nSPS) is 19.1. The first-order valence-corrected chi connectivity index (χ1v) is 5.87. The molecule has 0 spiro atoms. The van der Waals surface area contributed by atoms with Gasteiger partial charge in [0, 0.05) is 6.04 Å². The molecule has 1 saturated carbocycles. The molecule has 1 N–H and O–H groups in total. The zero-order chi connectivity index (χ0) is 12.2. The summed E-state index contributed by atoms with van der Waals surface area (Å²) in [6.07, 6.45) is -0.455.